The zero-order chi connectivity index (χ0) is 22.8. The predicted octanol–water partition coefficient (Wildman–Crippen LogP) is 1.86. The van der Waals surface area contributed by atoms with Crippen LogP contribution in [0.25, 0.3) is 10.2 Å². The second kappa shape index (κ2) is 8.78. The van der Waals surface area contributed by atoms with Crippen LogP contribution in [0.4, 0.5) is 5.69 Å². The second-order valence-electron chi connectivity index (χ2n) is 6.55. The maximum Gasteiger partial charge on any atom is 0.325 e. The molecule has 2 aromatic carbocycles. The van der Waals surface area contributed by atoms with Crippen molar-refractivity contribution in [1.29, 1.82) is 0 Å². The summed E-state index contributed by atoms with van der Waals surface area (Å²) in [6, 6.07) is 10.0. The number of benzene rings is 2. The summed E-state index contributed by atoms with van der Waals surface area (Å²) in [6.45, 7) is -0.271. The van der Waals surface area contributed by atoms with Gasteiger partial charge in [-0.1, -0.05) is 23.5 Å². The Morgan fingerprint density at radius 2 is 1.87 bits per heavy atom. The molecule has 0 fully saturated rings. The van der Waals surface area contributed by atoms with Crippen LogP contribution in [0.1, 0.15) is 5.56 Å². The van der Waals surface area contributed by atoms with Gasteiger partial charge in [0, 0.05) is 18.4 Å². The van der Waals surface area contributed by atoms with Crippen LogP contribution in [0.2, 0.25) is 0 Å². The van der Waals surface area contributed by atoms with E-state index in [-0.39, 0.29) is 28.3 Å². The van der Waals surface area contributed by atoms with E-state index in [1.54, 1.807) is 0 Å². The molecule has 0 saturated heterocycles. The Hall–Kier alpha value is -3.38. The zero-order valence-electron chi connectivity index (χ0n) is 16.5. The monoisotopic (exact) mass is 463 g/mol. The summed E-state index contributed by atoms with van der Waals surface area (Å²) in [5.41, 5.74) is 0.791. The fourth-order valence-electron chi connectivity index (χ4n) is 2.78. The number of hydrogen-bond donors (Lipinski definition) is 0. The Kier molecular flexibility index (Phi) is 6.32. The highest BCUT2D eigenvalue weighted by Gasteiger charge is 2.16. The maximum absolute atomic E-state index is 12.5. The molecule has 3 rings (SSSR count). The minimum absolute atomic E-state index is 0.0866. The first-order valence-corrected chi connectivity index (χ1v) is 11.5. The van der Waals surface area contributed by atoms with Crippen LogP contribution in [-0.2, 0) is 37.1 Å². The van der Waals surface area contributed by atoms with Gasteiger partial charge in [-0.15, -0.1) is 0 Å². The highest BCUT2D eigenvalue weighted by Crippen LogP contribution is 2.23. The fourth-order valence-corrected chi connectivity index (χ4v) is 4.44. The topological polar surface area (TPSA) is 138 Å². The molecule has 1 heterocycles. The number of aromatic nitrogens is 1. The van der Waals surface area contributed by atoms with Gasteiger partial charge < -0.3 is 9.30 Å². The number of carbonyl (C=O) groups excluding carboxylic acids is 2. The first-order chi connectivity index (χ1) is 14.6. The molecule has 0 radical (unpaired) electrons. The lowest BCUT2D eigenvalue weighted by Crippen LogP contribution is -2.22. The molecule has 0 aliphatic heterocycles. The average Bonchev–Trinajstić information content (AvgIpc) is 3.03. The van der Waals surface area contributed by atoms with Crippen LogP contribution in [-0.4, -0.2) is 43.2 Å². The van der Waals surface area contributed by atoms with Gasteiger partial charge in [0.2, 0.25) is 0 Å². The highest BCUT2D eigenvalue weighted by atomic mass is 32.2. The number of carbonyl (C=O) groups is 2. The SMILES string of the molecule is COC(=O)Cn1c(=NC(=O)Cc2ccc(S(C)(=O)=O)cc2)sc2ccc([N+](=O)[O-])cc21. The van der Waals surface area contributed by atoms with E-state index in [0.29, 0.717) is 15.8 Å². The van der Waals surface area contributed by atoms with Crippen molar-refractivity contribution in [3.8, 4) is 0 Å². The summed E-state index contributed by atoms with van der Waals surface area (Å²) in [4.78, 5) is 39.3. The number of amides is 1. The molecule has 0 atom stereocenters. The molecule has 1 amide bonds. The van der Waals surface area contributed by atoms with E-state index in [4.69, 9.17) is 0 Å². The number of non-ortho nitro benzene ring substituents is 1. The molecule has 12 heteroatoms. The number of sulfone groups is 1. The van der Waals surface area contributed by atoms with Crippen molar-refractivity contribution in [1.82, 2.24) is 4.57 Å². The van der Waals surface area contributed by atoms with Gasteiger partial charge in [0.25, 0.3) is 11.6 Å². The minimum atomic E-state index is -3.34. The Bertz CT molecular complexity index is 1350. The summed E-state index contributed by atoms with van der Waals surface area (Å²) in [6.07, 6.45) is 1.00. The van der Waals surface area contributed by atoms with Gasteiger partial charge in [0.15, 0.2) is 14.6 Å². The normalized spacial score (nSPS) is 12.1. The number of methoxy groups -OCH3 is 1. The van der Waals surface area contributed by atoms with Gasteiger partial charge in [-0.25, -0.2) is 8.42 Å². The smallest absolute Gasteiger partial charge is 0.325 e. The van der Waals surface area contributed by atoms with Crippen LogP contribution in [0.3, 0.4) is 0 Å². The number of rotatable bonds is 6. The van der Waals surface area contributed by atoms with Gasteiger partial charge in [0.1, 0.15) is 6.54 Å². The van der Waals surface area contributed by atoms with Crippen LogP contribution in [0.5, 0.6) is 0 Å². The summed E-state index contributed by atoms with van der Waals surface area (Å²) in [5, 5.41) is 11.1. The van der Waals surface area contributed by atoms with Crippen LogP contribution in [0.15, 0.2) is 52.4 Å². The molecule has 10 nitrogen and oxygen atoms in total. The van der Waals surface area contributed by atoms with Crippen molar-refractivity contribution >= 4 is 49.0 Å². The lowest BCUT2D eigenvalue weighted by Gasteiger charge is -2.04. The number of nitro groups is 1. The number of esters is 1. The van der Waals surface area contributed by atoms with Gasteiger partial charge >= 0.3 is 5.97 Å². The van der Waals surface area contributed by atoms with E-state index in [1.807, 2.05) is 0 Å². The molecular weight excluding hydrogens is 446 g/mol. The van der Waals surface area contributed by atoms with Gasteiger partial charge in [-0.3, -0.25) is 19.7 Å². The lowest BCUT2D eigenvalue weighted by molar-refractivity contribution is -0.384. The Balaban J connectivity index is 1.99. The van der Waals surface area contributed by atoms with Gasteiger partial charge in [-0.2, -0.15) is 4.99 Å². The molecular formula is C19H17N3O7S2. The molecule has 0 N–H and O–H groups in total. The fraction of sp³-hybridized carbons (Fsp3) is 0.211. The molecule has 0 spiro atoms. The molecule has 0 bridgehead atoms. The van der Waals surface area contributed by atoms with Crippen molar-refractivity contribution in [2.24, 2.45) is 4.99 Å². The first kappa shape index (κ1) is 22.3. The number of nitrogens with zero attached hydrogens (tertiary/aromatic N) is 3. The molecule has 31 heavy (non-hydrogen) atoms. The standard InChI is InChI=1S/C19H17N3O7S2/c1-29-18(24)11-21-15-10-13(22(25)26)5-8-16(15)30-19(21)20-17(23)9-12-3-6-14(7-4-12)31(2,27)28/h3-8,10H,9,11H2,1-2H3. The number of fused-ring (bicyclic) bond motifs is 1. The van der Waals surface area contributed by atoms with Crippen LogP contribution >= 0.6 is 11.3 Å². The van der Waals surface area contributed by atoms with E-state index in [0.717, 1.165) is 17.6 Å². The van der Waals surface area contributed by atoms with Crippen LogP contribution < -0.4 is 4.80 Å². The van der Waals surface area contributed by atoms with Crippen LogP contribution in [0, 0.1) is 10.1 Å². The third-order valence-corrected chi connectivity index (χ3v) is 6.51. The van der Waals surface area contributed by atoms with Crippen molar-refractivity contribution in [2.75, 3.05) is 13.4 Å². The van der Waals surface area contributed by atoms with E-state index >= 15 is 0 Å². The minimum Gasteiger partial charge on any atom is -0.468 e. The molecule has 0 aliphatic rings. The van der Waals surface area contributed by atoms with Crippen molar-refractivity contribution in [2.45, 2.75) is 17.9 Å². The van der Waals surface area contributed by atoms with Gasteiger partial charge in [0.05, 0.1) is 33.6 Å². The first-order valence-electron chi connectivity index (χ1n) is 8.79. The number of thiazole rings is 1. The summed E-state index contributed by atoms with van der Waals surface area (Å²) >= 11 is 1.11. The molecule has 0 saturated carbocycles. The molecule has 3 aromatic rings. The molecule has 0 unspecified atom stereocenters. The van der Waals surface area contributed by atoms with Crippen molar-refractivity contribution in [3.05, 3.63) is 62.9 Å². The highest BCUT2D eigenvalue weighted by molar-refractivity contribution is 7.90. The summed E-state index contributed by atoms with van der Waals surface area (Å²) in [5.74, 6) is -1.12. The van der Waals surface area contributed by atoms with Crippen molar-refractivity contribution < 1.29 is 27.7 Å². The second-order valence-corrected chi connectivity index (χ2v) is 9.58. The number of ether oxygens (including phenoxy) is 1. The third kappa shape index (κ3) is 5.22. The lowest BCUT2D eigenvalue weighted by atomic mass is 10.1. The van der Waals surface area contributed by atoms with E-state index in [2.05, 4.69) is 9.73 Å². The van der Waals surface area contributed by atoms with E-state index in [1.165, 1.54) is 54.1 Å². The molecule has 162 valence electrons. The van der Waals surface area contributed by atoms with Crippen molar-refractivity contribution in [3.63, 3.8) is 0 Å². The maximum atomic E-state index is 12.5. The summed E-state index contributed by atoms with van der Waals surface area (Å²) in [7, 11) is -2.13. The Morgan fingerprint density at radius 3 is 2.45 bits per heavy atom. The molecule has 0 aliphatic carbocycles. The summed E-state index contributed by atoms with van der Waals surface area (Å²) < 4.78 is 29.8. The van der Waals surface area contributed by atoms with Gasteiger partial charge in [-0.05, 0) is 23.8 Å². The third-order valence-electron chi connectivity index (χ3n) is 4.32. The van der Waals surface area contributed by atoms with E-state index in [9.17, 15) is 28.1 Å². The molecule has 1 aromatic heterocycles. The largest absolute Gasteiger partial charge is 0.468 e. The Labute approximate surface area is 180 Å². The quantitative estimate of drug-likeness (QED) is 0.309. The number of hydrogen-bond acceptors (Lipinski definition) is 8. The average molecular weight is 463 g/mol. The number of nitro benzene ring substituents is 1. The Morgan fingerprint density at radius 1 is 1.19 bits per heavy atom. The van der Waals surface area contributed by atoms with E-state index < -0.39 is 26.6 Å². The zero-order valence-corrected chi connectivity index (χ0v) is 18.1. The predicted molar refractivity (Wildman–Crippen MR) is 112 cm³/mol.